The molecule has 0 radical (unpaired) electrons. The quantitative estimate of drug-likeness (QED) is 0.924. The van der Waals surface area contributed by atoms with E-state index in [9.17, 15) is 13.9 Å². The molecule has 0 aliphatic rings. The van der Waals surface area contributed by atoms with E-state index >= 15 is 0 Å². The third-order valence-electron chi connectivity index (χ3n) is 2.07. The molecule has 84 valence electrons. The summed E-state index contributed by atoms with van der Waals surface area (Å²) in [6, 6.07) is 3.47. The van der Waals surface area contributed by atoms with Crippen molar-refractivity contribution in [2.45, 2.75) is 6.10 Å². The molecule has 0 bridgehead atoms. The van der Waals surface area contributed by atoms with Crippen LogP contribution < -0.4 is 0 Å². The molecule has 1 aromatic carbocycles. The first-order chi connectivity index (χ1) is 7.61. The number of nitrogens with zero attached hydrogens (tertiary/aromatic N) is 1. The molecular weight excluding hydrogens is 300 g/mol. The van der Waals surface area contributed by atoms with Gasteiger partial charge in [-0.3, -0.25) is 0 Å². The number of halogens is 3. The molecule has 0 amide bonds. The number of thiazole rings is 1. The van der Waals surface area contributed by atoms with Crippen molar-refractivity contribution >= 4 is 27.3 Å². The molecule has 2 aromatic rings. The molecule has 6 heteroatoms. The lowest BCUT2D eigenvalue weighted by Crippen LogP contribution is -2.04. The third-order valence-corrected chi connectivity index (χ3v) is 3.85. The lowest BCUT2D eigenvalue weighted by molar-refractivity contribution is 0.212. The Hall–Kier alpha value is -0.850. The molecule has 0 saturated carbocycles. The van der Waals surface area contributed by atoms with Gasteiger partial charge in [-0.15, -0.1) is 11.3 Å². The molecule has 1 N–H and O–H groups in total. The second-order valence-electron chi connectivity index (χ2n) is 3.05. The lowest BCUT2D eigenvalue weighted by Gasteiger charge is -2.11. The molecular formula is C10H6BrF2NOS. The molecule has 1 aromatic heterocycles. The topological polar surface area (TPSA) is 33.1 Å². The van der Waals surface area contributed by atoms with Crippen LogP contribution in [0.3, 0.4) is 0 Å². The average molecular weight is 306 g/mol. The number of aliphatic hydroxyl groups is 1. The largest absolute Gasteiger partial charge is 0.382 e. The maximum Gasteiger partial charge on any atom is 0.132 e. The summed E-state index contributed by atoms with van der Waals surface area (Å²) in [5, 5.41) is 9.88. The van der Waals surface area contributed by atoms with Crippen LogP contribution in [0, 0.1) is 11.6 Å². The van der Waals surface area contributed by atoms with E-state index in [4.69, 9.17) is 0 Å². The molecule has 16 heavy (non-hydrogen) atoms. The summed E-state index contributed by atoms with van der Waals surface area (Å²) >= 11 is 4.24. The summed E-state index contributed by atoms with van der Waals surface area (Å²) in [4.78, 5) is 4.23. The van der Waals surface area contributed by atoms with Crippen LogP contribution in [0.1, 0.15) is 16.5 Å². The predicted molar refractivity (Wildman–Crippen MR) is 60.2 cm³/mol. The van der Waals surface area contributed by atoms with Crippen molar-refractivity contribution in [3.8, 4) is 0 Å². The standard InChI is InChI=1S/C10H6BrF2NOS/c11-10-9(16-4-14-10)8(15)7-5(12)2-1-3-6(7)13/h1-4,8,15H. The highest BCUT2D eigenvalue weighted by atomic mass is 79.9. The summed E-state index contributed by atoms with van der Waals surface area (Å²) in [5.41, 5.74) is 1.13. The van der Waals surface area contributed by atoms with Crippen molar-refractivity contribution in [3.63, 3.8) is 0 Å². The van der Waals surface area contributed by atoms with Crippen LogP contribution in [0.4, 0.5) is 8.78 Å². The van der Waals surface area contributed by atoms with Crippen LogP contribution in [0.5, 0.6) is 0 Å². The predicted octanol–water partition coefficient (Wildman–Crippen LogP) is 3.27. The Kier molecular flexibility index (Phi) is 3.32. The summed E-state index contributed by atoms with van der Waals surface area (Å²) in [6.07, 6.45) is -1.34. The fourth-order valence-electron chi connectivity index (χ4n) is 1.32. The smallest absolute Gasteiger partial charge is 0.132 e. The molecule has 0 saturated heterocycles. The maximum absolute atomic E-state index is 13.4. The number of aliphatic hydroxyl groups excluding tert-OH is 1. The Labute approximate surface area is 103 Å². The number of hydrogen-bond donors (Lipinski definition) is 1. The molecule has 2 nitrogen and oxygen atoms in total. The van der Waals surface area contributed by atoms with Gasteiger partial charge >= 0.3 is 0 Å². The van der Waals surface area contributed by atoms with E-state index in [-0.39, 0.29) is 5.56 Å². The number of aromatic nitrogens is 1. The van der Waals surface area contributed by atoms with E-state index in [0.29, 0.717) is 9.48 Å². The van der Waals surface area contributed by atoms with Crippen molar-refractivity contribution in [2.24, 2.45) is 0 Å². The summed E-state index contributed by atoms with van der Waals surface area (Å²) in [7, 11) is 0. The SMILES string of the molecule is OC(c1scnc1Br)c1c(F)cccc1F. The normalized spacial score (nSPS) is 12.8. The Bertz CT molecular complexity index is 497. The molecule has 1 atom stereocenters. The van der Waals surface area contributed by atoms with Crippen molar-refractivity contribution in [1.29, 1.82) is 0 Å². The molecule has 1 unspecified atom stereocenters. The fraction of sp³-hybridized carbons (Fsp3) is 0.100. The highest BCUT2D eigenvalue weighted by Gasteiger charge is 2.22. The Morgan fingerprint density at radius 2 is 1.94 bits per heavy atom. The average Bonchev–Trinajstić information content (AvgIpc) is 2.64. The van der Waals surface area contributed by atoms with E-state index in [1.54, 1.807) is 0 Å². The third kappa shape index (κ3) is 2.00. The zero-order valence-electron chi connectivity index (χ0n) is 7.82. The van der Waals surface area contributed by atoms with Gasteiger partial charge in [0, 0.05) is 0 Å². The Balaban J connectivity index is 2.49. The van der Waals surface area contributed by atoms with Crippen LogP contribution in [0.15, 0.2) is 28.3 Å². The van der Waals surface area contributed by atoms with E-state index in [1.807, 2.05) is 0 Å². The van der Waals surface area contributed by atoms with Crippen molar-refractivity contribution in [2.75, 3.05) is 0 Å². The Morgan fingerprint density at radius 1 is 1.31 bits per heavy atom. The zero-order chi connectivity index (χ0) is 11.7. The van der Waals surface area contributed by atoms with Gasteiger partial charge in [0.05, 0.1) is 16.0 Å². The molecule has 0 aliphatic heterocycles. The van der Waals surface area contributed by atoms with Crippen molar-refractivity contribution in [3.05, 3.63) is 50.4 Å². The summed E-state index contributed by atoms with van der Waals surface area (Å²) in [5.74, 6) is -1.54. The number of benzene rings is 1. The van der Waals surface area contributed by atoms with Crippen molar-refractivity contribution < 1.29 is 13.9 Å². The molecule has 0 aliphatic carbocycles. The van der Waals surface area contributed by atoms with Crippen LogP contribution >= 0.6 is 27.3 Å². The minimum atomic E-state index is -1.34. The van der Waals surface area contributed by atoms with Crippen LogP contribution in [-0.2, 0) is 0 Å². The monoisotopic (exact) mass is 305 g/mol. The molecule has 1 heterocycles. The van der Waals surface area contributed by atoms with Gasteiger partial charge in [-0.25, -0.2) is 13.8 Å². The van der Waals surface area contributed by atoms with Gasteiger partial charge in [-0.05, 0) is 28.1 Å². The number of rotatable bonds is 2. The van der Waals surface area contributed by atoms with E-state index in [0.717, 1.165) is 23.5 Å². The van der Waals surface area contributed by atoms with Gasteiger partial charge in [0.1, 0.15) is 22.3 Å². The summed E-state index contributed by atoms with van der Waals surface area (Å²) < 4.78 is 27.2. The zero-order valence-corrected chi connectivity index (χ0v) is 10.2. The van der Waals surface area contributed by atoms with Gasteiger partial charge in [0.25, 0.3) is 0 Å². The Morgan fingerprint density at radius 3 is 2.44 bits per heavy atom. The highest BCUT2D eigenvalue weighted by molar-refractivity contribution is 9.10. The lowest BCUT2D eigenvalue weighted by atomic mass is 10.1. The maximum atomic E-state index is 13.4. The molecule has 0 spiro atoms. The van der Waals surface area contributed by atoms with E-state index < -0.39 is 17.7 Å². The van der Waals surface area contributed by atoms with Crippen LogP contribution in [-0.4, -0.2) is 10.1 Å². The fourth-order valence-corrected chi connectivity index (χ4v) is 2.73. The van der Waals surface area contributed by atoms with Crippen molar-refractivity contribution in [1.82, 2.24) is 4.98 Å². The van der Waals surface area contributed by atoms with E-state index in [2.05, 4.69) is 20.9 Å². The van der Waals surface area contributed by atoms with Gasteiger partial charge < -0.3 is 5.11 Å². The van der Waals surface area contributed by atoms with Gasteiger partial charge in [0.2, 0.25) is 0 Å². The first-order valence-electron chi connectivity index (χ1n) is 4.32. The highest BCUT2D eigenvalue weighted by Crippen LogP contribution is 2.33. The van der Waals surface area contributed by atoms with Gasteiger partial charge in [0.15, 0.2) is 0 Å². The summed E-state index contributed by atoms with van der Waals surface area (Å²) in [6.45, 7) is 0. The van der Waals surface area contributed by atoms with Gasteiger partial charge in [-0.2, -0.15) is 0 Å². The second kappa shape index (κ2) is 4.57. The minimum Gasteiger partial charge on any atom is -0.382 e. The molecule has 2 rings (SSSR count). The first kappa shape index (κ1) is 11.6. The van der Waals surface area contributed by atoms with Gasteiger partial charge in [-0.1, -0.05) is 6.07 Å². The number of hydrogen-bond acceptors (Lipinski definition) is 3. The van der Waals surface area contributed by atoms with Crippen LogP contribution in [0.2, 0.25) is 0 Å². The van der Waals surface area contributed by atoms with Crippen LogP contribution in [0.25, 0.3) is 0 Å². The minimum absolute atomic E-state index is 0.354. The van der Waals surface area contributed by atoms with E-state index in [1.165, 1.54) is 11.6 Å². The molecule has 0 fully saturated rings. The second-order valence-corrected chi connectivity index (χ2v) is 4.68. The first-order valence-corrected chi connectivity index (χ1v) is 5.99.